The molecule has 1 heterocycles. The van der Waals surface area contributed by atoms with E-state index >= 15 is 0 Å². The van der Waals surface area contributed by atoms with Crippen LogP contribution in [0.15, 0.2) is 25.0 Å². The summed E-state index contributed by atoms with van der Waals surface area (Å²) >= 11 is 1.78. The molecule has 0 aliphatic carbocycles. The first-order valence-electron chi connectivity index (χ1n) is 5.10. The molecule has 1 rings (SSSR count). The standard InChI is InChI=1S/C11H15N3O2S/c1-3-5-17-6-4-12-10-8-13-9(7-14-10)11(15)16-2/h3,7-8H,1,4-6H2,2H3,(H,12,14). The quantitative estimate of drug-likeness (QED) is 0.452. The number of carbonyl (C=O) groups excluding carboxylic acids is 1. The summed E-state index contributed by atoms with van der Waals surface area (Å²) in [7, 11) is 1.31. The molecule has 92 valence electrons. The Balaban J connectivity index is 2.35. The van der Waals surface area contributed by atoms with Crippen LogP contribution in [0.3, 0.4) is 0 Å². The number of rotatable bonds is 7. The van der Waals surface area contributed by atoms with Crippen LogP contribution in [0, 0.1) is 0 Å². The maximum absolute atomic E-state index is 11.1. The van der Waals surface area contributed by atoms with E-state index in [4.69, 9.17) is 0 Å². The molecule has 0 radical (unpaired) electrons. The number of thioether (sulfide) groups is 1. The Morgan fingerprint density at radius 3 is 3.00 bits per heavy atom. The van der Waals surface area contributed by atoms with Crippen LogP contribution in [0.25, 0.3) is 0 Å². The summed E-state index contributed by atoms with van der Waals surface area (Å²) in [6.45, 7) is 4.44. The van der Waals surface area contributed by atoms with Gasteiger partial charge < -0.3 is 10.1 Å². The molecule has 1 N–H and O–H groups in total. The van der Waals surface area contributed by atoms with Crippen LogP contribution >= 0.6 is 11.8 Å². The third-order valence-electron chi connectivity index (χ3n) is 1.83. The van der Waals surface area contributed by atoms with Gasteiger partial charge in [-0.3, -0.25) is 0 Å². The Kier molecular flexibility index (Phi) is 6.09. The molecule has 0 atom stereocenters. The lowest BCUT2D eigenvalue weighted by Crippen LogP contribution is -2.09. The normalized spacial score (nSPS) is 9.71. The van der Waals surface area contributed by atoms with Crippen LogP contribution in [-0.2, 0) is 4.74 Å². The molecular formula is C11H15N3O2S. The zero-order valence-electron chi connectivity index (χ0n) is 9.68. The van der Waals surface area contributed by atoms with Gasteiger partial charge in [0.1, 0.15) is 5.82 Å². The molecule has 6 heteroatoms. The van der Waals surface area contributed by atoms with Crippen LogP contribution in [0.4, 0.5) is 5.82 Å². The maximum Gasteiger partial charge on any atom is 0.358 e. The van der Waals surface area contributed by atoms with E-state index in [0.717, 1.165) is 18.1 Å². The van der Waals surface area contributed by atoms with Crippen LogP contribution in [0.2, 0.25) is 0 Å². The first kappa shape index (κ1) is 13.5. The van der Waals surface area contributed by atoms with Crippen molar-refractivity contribution in [1.82, 2.24) is 9.97 Å². The molecule has 0 saturated heterocycles. The van der Waals surface area contributed by atoms with Gasteiger partial charge >= 0.3 is 5.97 Å². The summed E-state index contributed by atoms with van der Waals surface area (Å²) in [6, 6.07) is 0. The number of ether oxygens (including phenoxy) is 1. The fraction of sp³-hybridized carbons (Fsp3) is 0.364. The number of hydrogen-bond acceptors (Lipinski definition) is 6. The highest BCUT2D eigenvalue weighted by Gasteiger charge is 2.06. The van der Waals surface area contributed by atoms with Crippen molar-refractivity contribution in [3.05, 3.63) is 30.7 Å². The lowest BCUT2D eigenvalue weighted by Gasteiger charge is -2.04. The predicted octanol–water partition coefficient (Wildman–Crippen LogP) is 1.59. The topological polar surface area (TPSA) is 64.1 Å². The van der Waals surface area contributed by atoms with E-state index in [1.807, 2.05) is 6.08 Å². The minimum atomic E-state index is -0.481. The van der Waals surface area contributed by atoms with E-state index in [1.54, 1.807) is 11.8 Å². The highest BCUT2D eigenvalue weighted by Crippen LogP contribution is 2.04. The van der Waals surface area contributed by atoms with Gasteiger partial charge in [-0.1, -0.05) is 6.08 Å². The van der Waals surface area contributed by atoms with E-state index in [9.17, 15) is 4.79 Å². The second-order valence-electron chi connectivity index (χ2n) is 3.07. The highest BCUT2D eigenvalue weighted by molar-refractivity contribution is 7.99. The van der Waals surface area contributed by atoms with Crippen molar-refractivity contribution >= 4 is 23.5 Å². The molecule has 0 fully saturated rings. The number of aromatic nitrogens is 2. The van der Waals surface area contributed by atoms with Crippen molar-refractivity contribution < 1.29 is 9.53 Å². The first-order chi connectivity index (χ1) is 8.27. The molecule has 17 heavy (non-hydrogen) atoms. The van der Waals surface area contributed by atoms with Gasteiger partial charge in [0, 0.05) is 18.1 Å². The van der Waals surface area contributed by atoms with E-state index in [-0.39, 0.29) is 5.69 Å². The van der Waals surface area contributed by atoms with Gasteiger partial charge in [0.05, 0.1) is 19.5 Å². The lowest BCUT2D eigenvalue weighted by atomic mass is 10.4. The van der Waals surface area contributed by atoms with Gasteiger partial charge in [-0.15, -0.1) is 6.58 Å². The molecule has 0 unspecified atom stereocenters. The van der Waals surface area contributed by atoms with Crippen molar-refractivity contribution in [2.45, 2.75) is 0 Å². The summed E-state index contributed by atoms with van der Waals surface area (Å²) in [5.74, 6) is 2.07. The number of hydrogen-bond donors (Lipinski definition) is 1. The minimum Gasteiger partial charge on any atom is -0.464 e. The minimum absolute atomic E-state index is 0.207. The smallest absolute Gasteiger partial charge is 0.358 e. The Bertz CT molecular complexity index is 367. The summed E-state index contributed by atoms with van der Waals surface area (Å²) in [5.41, 5.74) is 0.207. The van der Waals surface area contributed by atoms with Crippen LogP contribution in [-0.4, -0.2) is 41.1 Å². The molecule has 0 saturated carbocycles. The average molecular weight is 253 g/mol. The third kappa shape index (κ3) is 4.86. The number of anilines is 1. The van der Waals surface area contributed by atoms with E-state index < -0.39 is 5.97 Å². The van der Waals surface area contributed by atoms with Crippen LogP contribution < -0.4 is 5.32 Å². The molecule has 5 nitrogen and oxygen atoms in total. The van der Waals surface area contributed by atoms with Gasteiger partial charge in [0.25, 0.3) is 0 Å². The second kappa shape index (κ2) is 7.67. The second-order valence-corrected chi connectivity index (χ2v) is 4.22. The zero-order valence-corrected chi connectivity index (χ0v) is 10.5. The van der Waals surface area contributed by atoms with Crippen molar-refractivity contribution in [3.8, 4) is 0 Å². The number of methoxy groups -OCH3 is 1. The molecule has 0 aliphatic rings. The first-order valence-corrected chi connectivity index (χ1v) is 6.26. The molecule has 0 spiro atoms. The summed E-state index contributed by atoms with van der Waals surface area (Å²) in [5, 5.41) is 3.11. The van der Waals surface area contributed by atoms with Gasteiger partial charge in [0.2, 0.25) is 0 Å². The summed E-state index contributed by atoms with van der Waals surface area (Å²) in [6.07, 6.45) is 4.78. The molecule has 0 bridgehead atoms. The van der Waals surface area contributed by atoms with Crippen molar-refractivity contribution in [2.75, 3.05) is 30.5 Å². The van der Waals surface area contributed by atoms with E-state index in [0.29, 0.717) is 5.82 Å². The van der Waals surface area contributed by atoms with Gasteiger partial charge in [-0.2, -0.15) is 11.8 Å². The Morgan fingerprint density at radius 1 is 1.59 bits per heavy atom. The molecular weight excluding hydrogens is 238 g/mol. The Morgan fingerprint density at radius 2 is 2.41 bits per heavy atom. The number of nitrogens with zero attached hydrogens (tertiary/aromatic N) is 2. The highest BCUT2D eigenvalue weighted by atomic mass is 32.2. The zero-order chi connectivity index (χ0) is 12.5. The fourth-order valence-corrected chi connectivity index (χ4v) is 1.63. The number of esters is 1. The molecule has 1 aromatic rings. The monoisotopic (exact) mass is 253 g/mol. The average Bonchev–Trinajstić information content (AvgIpc) is 2.38. The molecule has 0 aromatic carbocycles. The largest absolute Gasteiger partial charge is 0.464 e. The van der Waals surface area contributed by atoms with Crippen molar-refractivity contribution in [1.29, 1.82) is 0 Å². The maximum atomic E-state index is 11.1. The third-order valence-corrected chi connectivity index (χ3v) is 2.80. The van der Waals surface area contributed by atoms with Crippen LogP contribution in [0.1, 0.15) is 10.5 Å². The summed E-state index contributed by atoms with van der Waals surface area (Å²) < 4.78 is 4.53. The van der Waals surface area contributed by atoms with Crippen molar-refractivity contribution in [3.63, 3.8) is 0 Å². The van der Waals surface area contributed by atoms with Gasteiger partial charge in [-0.05, 0) is 0 Å². The van der Waals surface area contributed by atoms with Crippen LogP contribution in [0.5, 0.6) is 0 Å². The predicted molar refractivity (Wildman–Crippen MR) is 69.4 cm³/mol. The molecule has 0 amide bonds. The summed E-state index contributed by atoms with van der Waals surface area (Å²) in [4.78, 5) is 19.1. The lowest BCUT2D eigenvalue weighted by molar-refractivity contribution is 0.0593. The van der Waals surface area contributed by atoms with Crippen molar-refractivity contribution in [2.24, 2.45) is 0 Å². The SMILES string of the molecule is C=CCSCCNc1cnc(C(=O)OC)cn1. The molecule has 0 aliphatic heterocycles. The molecule has 1 aromatic heterocycles. The fourth-order valence-electron chi connectivity index (χ4n) is 1.05. The van der Waals surface area contributed by atoms with Gasteiger partial charge in [-0.25, -0.2) is 14.8 Å². The number of nitrogens with one attached hydrogen (secondary N) is 1. The Hall–Kier alpha value is -1.56. The van der Waals surface area contributed by atoms with E-state index in [2.05, 4.69) is 26.6 Å². The Labute approximate surface area is 105 Å². The number of carbonyl (C=O) groups is 1. The van der Waals surface area contributed by atoms with E-state index in [1.165, 1.54) is 19.5 Å². The van der Waals surface area contributed by atoms with Gasteiger partial charge in [0.15, 0.2) is 5.69 Å².